The second-order valence-electron chi connectivity index (χ2n) is 5.90. The molecule has 2 rings (SSSR count). The quantitative estimate of drug-likeness (QED) is 0.861. The van der Waals surface area contributed by atoms with E-state index in [2.05, 4.69) is 10.3 Å². The van der Waals surface area contributed by atoms with Crippen LogP contribution in [-0.4, -0.2) is 24.0 Å². The number of aromatic nitrogens is 1. The molecule has 0 spiro atoms. The molecule has 0 aliphatic heterocycles. The van der Waals surface area contributed by atoms with Crippen LogP contribution in [0.25, 0.3) is 0 Å². The lowest BCUT2D eigenvalue weighted by atomic mass is 9.91. The molecule has 0 bridgehead atoms. The highest BCUT2D eigenvalue weighted by Gasteiger charge is 2.24. The van der Waals surface area contributed by atoms with Crippen LogP contribution in [0.3, 0.4) is 0 Å². The number of ether oxygens (including phenoxy) is 1. The van der Waals surface area contributed by atoms with Crippen LogP contribution < -0.4 is 15.8 Å². The van der Waals surface area contributed by atoms with E-state index in [0.29, 0.717) is 18.0 Å². The topological polar surface area (TPSA) is 77.2 Å². The van der Waals surface area contributed by atoms with Crippen molar-refractivity contribution in [3.63, 3.8) is 0 Å². The number of amides is 1. The number of nitrogens with two attached hydrogens (primary N) is 1. The monoisotopic (exact) mass is 355 g/mol. The van der Waals surface area contributed by atoms with Crippen LogP contribution in [0.15, 0.2) is 29.8 Å². The number of anilines is 1. The molecular weight excluding hydrogens is 334 g/mol. The molecular formula is C16H22ClN3O2S. The van der Waals surface area contributed by atoms with Crippen molar-refractivity contribution in [2.45, 2.75) is 26.2 Å². The summed E-state index contributed by atoms with van der Waals surface area (Å²) in [6.07, 6.45) is 0. The third-order valence-electron chi connectivity index (χ3n) is 2.98. The van der Waals surface area contributed by atoms with E-state index in [1.807, 2.05) is 45.0 Å². The van der Waals surface area contributed by atoms with Gasteiger partial charge in [-0.3, -0.25) is 4.79 Å². The number of carbonyl (C=O) groups is 1. The summed E-state index contributed by atoms with van der Waals surface area (Å²) in [7, 11) is 0. The summed E-state index contributed by atoms with van der Waals surface area (Å²) < 4.78 is 5.41. The van der Waals surface area contributed by atoms with E-state index in [1.165, 1.54) is 11.3 Å². The maximum Gasteiger partial charge on any atom is 0.267 e. The first-order valence-corrected chi connectivity index (χ1v) is 7.98. The zero-order valence-corrected chi connectivity index (χ0v) is 15.1. The van der Waals surface area contributed by atoms with Gasteiger partial charge < -0.3 is 15.8 Å². The molecule has 0 fully saturated rings. The Balaban J connectivity index is 0.00000264. The molecule has 23 heavy (non-hydrogen) atoms. The van der Waals surface area contributed by atoms with Gasteiger partial charge in [-0.2, -0.15) is 0 Å². The standard InChI is InChI=1S/C16H21N3O2S.ClH/c1-16(2,3)14-13(22-10-18-14)15(20)19-11-4-6-12(7-5-11)21-9-8-17;/h4-7,10H,8-9,17H2,1-3H3,(H,19,20);1H. The Labute approximate surface area is 146 Å². The number of carbonyl (C=O) groups excluding carboxylic acids is 1. The molecule has 3 N–H and O–H groups in total. The van der Waals surface area contributed by atoms with Gasteiger partial charge >= 0.3 is 0 Å². The van der Waals surface area contributed by atoms with E-state index in [4.69, 9.17) is 10.5 Å². The van der Waals surface area contributed by atoms with E-state index < -0.39 is 0 Å². The van der Waals surface area contributed by atoms with Gasteiger partial charge in [0.15, 0.2) is 0 Å². The van der Waals surface area contributed by atoms with Gasteiger partial charge in [-0.05, 0) is 24.3 Å². The zero-order valence-electron chi connectivity index (χ0n) is 13.5. The first kappa shape index (κ1) is 19.4. The van der Waals surface area contributed by atoms with E-state index in [9.17, 15) is 4.79 Å². The van der Waals surface area contributed by atoms with Crippen LogP contribution in [0.1, 0.15) is 36.1 Å². The fourth-order valence-corrected chi connectivity index (χ4v) is 2.83. The highest BCUT2D eigenvalue weighted by molar-refractivity contribution is 7.12. The summed E-state index contributed by atoms with van der Waals surface area (Å²) in [5.41, 5.74) is 8.47. The summed E-state index contributed by atoms with van der Waals surface area (Å²) in [6.45, 7) is 7.08. The smallest absolute Gasteiger partial charge is 0.267 e. The van der Waals surface area contributed by atoms with Crippen molar-refractivity contribution in [2.75, 3.05) is 18.5 Å². The Kier molecular flexibility index (Phi) is 7.00. The minimum atomic E-state index is -0.160. The zero-order chi connectivity index (χ0) is 16.2. The molecule has 1 aromatic carbocycles. The lowest BCUT2D eigenvalue weighted by Crippen LogP contribution is -2.19. The average molecular weight is 356 g/mol. The fourth-order valence-electron chi connectivity index (χ4n) is 1.94. The molecule has 2 aromatic rings. The molecule has 0 saturated carbocycles. The predicted octanol–water partition coefficient (Wildman–Crippen LogP) is 3.45. The van der Waals surface area contributed by atoms with Gasteiger partial charge in [-0.25, -0.2) is 4.98 Å². The van der Waals surface area contributed by atoms with Crippen LogP contribution in [0.5, 0.6) is 5.75 Å². The van der Waals surface area contributed by atoms with Crippen molar-refractivity contribution < 1.29 is 9.53 Å². The summed E-state index contributed by atoms with van der Waals surface area (Å²) >= 11 is 1.36. The first-order valence-electron chi connectivity index (χ1n) is 7.10. The molecule has 0 atom stereocenters. The molecule has 126 valence electrons. The van der Waals surface area contributed by atoms with Crippen LogP contribution in [0, 0.1) is 0 Å². The summed E-state index contributed by atoms with van der Waals surface area (Å²) in [5.74, 6) is 0.597. The van der Waals surface area contributed by atoms with E-state index in [1.54, 1.807) is 5.51 Å². The Morgan fingerprint density at radius 2 is 1.96 bits per heavy atom. The maximum atomic E-state index is 12.4. The second kappa shape index (κ2) is 8.29. The summed E-state index contributed by atoms with van der Waals surface area (Å²) in [5, 5.41) is 2.89. The first-order chi connectivity index (χ1) is 10.4. The highest BCUT2D eigenvalue weighted by Crippen LogP contribution is 2.28. The van der Waals surface area contributed by atoms with Crippen molar-refractivity contribution in [3.05, 3.63) is 40.3 Å². The summed E-state index contributed by atoms with van der Waals surface area (Å²) in [6, 6.07) is 7.23. The Morgan fingerprint density at radius 1 is 1.30 bits per heavy atom. The minimum absolute atomic E-state index is 0. The molecule has 1 amide bonds. The average Bonchev–Trinajstić information content (AvgIpc) is 2.96. The van der Waals surface area contributed by atoms with Gasteiger partial charge in [0.1, 0.15) is 17.2 Å². The fraction of sp³-hybridized carbons (Fsp3) is 0.375. The number of nitrogens with zero attached hydrogens (tertiary/aromatic N) is 1. The molecule has 0 unspecified atom stereocenters. The number of hydrogen-bond donors (Lipinski definition) is 2. The third kappa shape index (κ3) is 5.20. The molecule has 1 heterocycles. The van der Waals surface area contributed by atoms with Gasteiger partial charge in [0.2, 0.25) is 0 Å². The molecule has 0 aliphatic rings. The summed E-state index contributed by atoms with van der Waals surface area (Å²) in [4.78, 5) is 17.4. The molecule has 0 radical (unpaired) electrons. The van der Waals surface area contributed by atoms with Crippen molar-refractivity contribution in [3.8, 4) is 5.75 Å². The Morgan fingerprint density at radius 3 is 2.52 bits per heavy atom. The molecule has 0 saturated heterocycles. The number of nitrogens with one attached hydrogen (secondary N) is 1. The molecule has 7 heteroatoms. The lowest BCUT2D eigenvalue weighted by molar-refractivity contribution is 0.102. The largest absolute Gasteiger partial charge is 0.492 e. The Hall–Kier alpha value is -1.63. The molecule has 5 nitrogen and oxygen atoms in total. The molecule has 1 aromatic heterocycles. The predicted molar refractivity (Wildman–Crippen MR) is 97.0 cm³/mol. The highest BCUT2D eigenvalue weighted by atomic mass is 35.5. The molecule has 0 aliphatic carbocycles. The van der Waals surface area contributed by atoms with E-state index in [0.717, 1.165) is 17.1 Å². The second-order valence-corrected chi connectivity index (χ2v) is 6.75. The number of halogens is 1. The normalized spacial score (nSPS) is 10.8. The van der Waals surface area contributed by atoms with Gasteiger partial charge in [-0.15, -0.1) is 23.7 Å². The third-order valence-corrected chi connectivity index (χ3v) is 3.81. The van der Waals surface area contributed by atoms with Crippen molar-refractivity contribution in [1.82, 2.24) is 4.98 Å². The van der Waals surface area contributed by atoms with Crippen LogP contribution in [-0.2, 0) is 5.41 Å². The maximum absolute atomic E-state index is 12.4. The van der Waals surface area contributed by atoms with Gasteiger partial charge in [0, 0.05) is 17.6 Å². The Bertz CT molecular complexity index is 636. The SMILES string of the molecule is CC(C)(C)c1ncsc1C(=O)Nc1ccc(OCCN)cc1.Cl. The van der Waals surface area contributed by atoms with Crippen LogP contribution >= 0.6 is 23.7 Å². The van der Waals surface area contributed by atoms with Gasteiger partial charge in [-0.1, -0.05) is 20.8 Å². The number of thiazole rings is 1. The van der Waals surface area contributed by atoms with E-state index in [-0.39, 0.29) is 23.7 Å². The van der Waals surface area contributed by atoms with E-state index >= 15 is 0 Å². The minimum Gasteiger partial charge on any atom is -0.492 e. The van der Waals surface area contributed by atoms with Crippen LogP contribution in [0.2, 0.25) is 0 Å². The van der Waals surface area contributed by atoms with Gasteiger partial charge in [0.05, 0.1) is 11.2 Å². The number of hydrogen-bond acceptors (Lipinski definition) is 5. The van der Waals surface area contributed by atoms with Gasteiger partial charge in [0.25, 0.3) is 5.91 Å². The number of benzene rings is 1. The van der Waals surface area contributed by atoms with Crippen molar-refractivity contribution in [2.24, 2.45) is 5.73 Å². The van der Waals surface area contributed by atoms with Crippen molar-refractivity contribution >= 4 is 35.3 Å². The number of rotatable bonds is 5. The van der Waals surface area contributed by atoms with Crippen LogP contribution in [0.4, 0.5) is 5.69 Å². The van der Waals surface area contributed by atoms with Crippen molar-refractivity contribution in [1.29, 1.82) is 0 Å². The lowest BCUT2D eigenvalue weighted by Gasteiger charge is -2.17.